The molecule has 0 saturated heterocycles. The van der Waals surface area contributed by atoms with E-state index in [1.807, 2.05) is 0 Å². The van der Waals surface area contributed by atoms with Gasteiger partial charge in [0.05, 0.1) is 0 Å². The predicted molar refractivity (Wildman–Crippen MR) is 53.3 cm³/mol. The van der Waals surface area contributed by atoms with Crippen LogP contribution in [0, 0.1) is 0 Å². The first-order valence-corrected chi connectivity index (χ1v) is 4.75. The van der Waals surface area contributed by atoms with E-state index in [1.165, 1.54) is 24.3 Å². The minimum absolute atomic E-state index is 0.144. The van der Waals surface area contributed by atoms with Gasteiger partial charge in [0, 0.05) is 10.6 Å². The van der Waals surface area contributed by atoms with Crippen LogP contribution in [-0.2, 0) is 4.74 Å². The Morgan fingerprint density at radius 1 is 1.18 bits per heavy atom. The molecular formula is C10H4ClF4NO. The third kappa shape index (κ3) is 2.26. The van der Waals surface area contributed by atoms with Gasteiger partial charge in [-0.3, -0.25) is 0 Å². The molecule has 1 heterocycles. The Balaban J connectivity index is 2.40. The highest BCUT2D eigenvalue weighted by Gasteiger charge is 2.47. The summed E-state index contributed by atoms with van der Waals surface area (Å²) in [5.74, 6) is -0.561. The van der Waals surface area contributed by atoms with Crippen molar-refractivity contribution in [3.05, 3.63) is 46.6 Å². The number of nitrogens with zero attached hydrogens (tertiary/aromatic N) is 1. The van der Waals surface area contributed by atoms with Crippen molar-refractivity contribution >= 4 is 17.5 Å². The van der Waals surface area contributed by atoms with Gasteiger partial charge in [-0.05, 0) is 24.3 Å². The SMILES string of the molecule is FC(F)=C1N=C(c2ccc(Cl)cc2)OC1(F)F. The van der Waals surface area contributed by atoms with Gasteiger partial charge in [-0.25, -0.2) is 4.99 Å². The van der Waals surface area contributed by atoms with Gasteiger partial charge in [-0.15, -0.1) is 0 Å². The third-order valence-corrected chi connectivity index (χ3v) is 2.24. The normalized spacial score (nSPS) is 17.7. The maximum absolute atomic E-state index is 13.0. The van der Waals surface area contributed by atoms with Crippen LogP contribution in [0.15, 0.2) is 41.0 Å². The molecule has 0 N–H and O–H groups in total. The largest absolute Gasteiger partial charge is 0.451 e. The summed E-state index contributed by atoms with van der Waals surface area (Å²) in [5, 5.41) is 0.381. The number of benzene rings is 1. The molecule has 0 fully saturated rings. The zero-order valence-corrected chi connectivity index (χ0v) is 8.81. The lowest BCUT2D eigenvalue weighted by atomic mass is 10.2. The Bertz CT molecular complexity index is 506. The molecule has 1 aromatic carbocycles. The highest BCUT2D eigenvalue weighted by Crippen LogP contribution is 2.37. The Morgan fingerprint density at radius 3 is 2.24 bits per heavy atom. The average Bonchev–Trinajstić information content (AvgIpc) is 2.55. The molecule has 2 nitrogen and oxygen atoms in total. The molecule has 7 heteroatoms. The molecule has 0 radical (unpaired) electrons. The van der Waals surface area contributed by atoms with Gasteiger partial charge in [0.2, 0.25) is 11.6 Å². The van der Waals surface area contributed by atoms with Crippen LogP contribution in [0.4, 0.5) is 17.6 Å². The Kier molecular flexibility index (Phi) is 2.82. The van der Waals surface area contributed by atoms with Crippen LogP contribution in [0.3, 0.4) is 0 Å². The molecule has 1 aliphatic heterocycles. The predicted octanol–water partition coefficient (Wildman–Crippen LogP) is 3.82. The van der Waals surface area contributed by atoms with Crippen LogP contribution in [0.5, 0.6) is 0 Å². The van der Waals surface area contributed by atoms with E-state index in [-0.39, 0.29) is 5.56 Å². The molecule has 0 amide bonds. The van der Waals surface area contributed by atoms with Gasteiger partial charge in [0.15, 0.2) is 0 Å². The molecule has 0 aliphatic carbocycles. The zero-order valence-electron chi connectivity index (χ0n) is 8.05. The Morgan fingerprint density at radius 2 is 1.76 bits per heavy atom. The lowest BCUT2D eigenvalue weighted by Gasteiger charge is -2.09. The number of hydrogen-bond acceptors (Lipinski definition) is 2. The summed E-state index contributed by atoms with van der Waals surface area (Å²) in [4.78, 5) is 3.07. The van der Waals surface area contributed by atoms with Gasteiger partial charge >= 0.3 is 12.2 Å². The maximum atomic E-state index is 13.0. The molecule has 0 bridgehead atoms. The van der Waals surface area contributed by atoms with Crippen molar-refractivity contribution in [3.63, 3.8) is 0 Å². The van der Waals surface area contributed by atoms with Crippen molar-refractivity contribution < 1.29 is 22.3 Å². The summed E-state index contributed by atoms with van der Waals surface area (Å²) in [6, 6.07) is 5.51. The topological polar surface area (TPSA) is 21.6 Å². The van der Waals surface area contributed by atoms with E-state index in [2.05, 4.69) is 9.73 Å². The van der Waals surface area contributed by atoms with Crippen molar-refractivity contribution in [3.8, 4) is 0 Å². The van der Waals surface area contributed by atoms with Crippen molar-refractivity contribution in [1.82, 2.24) is 0 Å². The van der Waals surface area contributed by atoms with Crippen molar-refractivity contribution in [2.45, 2.75) is 6.11 Å². The third-order valence-electron chi connectivity index (χ3n) is 1.98. The van der Waals surface area contributed by atoms with Crippen LogP contribution in [0.2, 0.25) is 5.02 Å². The summed E-state index contributed by atoms with van der Waals surface area (Å²) in [6.45, 7) is 0. The van der Waals surface area contributed by atoms with E-state index >= 15 is 0 Å². The Hall–Kier alpha value is -1.56. The van der Waals surface area contributed by atoms with E-state index in [1.54, 1.807) is 0 Å². The van der Waals surface area contributed by atoms with E-state index in [4.69, 9.17) is 11.6 Å². The summed E-state index contributed by atoms with van der Waals surface area (Å²) in [7, 11) is 0. The van der Waals surface area contributed by atoms with Crippen molar-refractivity contribution in [2.24, 2.45) is 4.99 Å². The number of rotatable bonds is 1. The van der Waals surface area contributed by atoms with Gasteiger partial charge < -0.3 is 4.74 Å². The second kappa shape index (κ2) is 4.03. The minimum atomic E-state index is -4.10. The summed E-state index contributed by atoms with van der Waals surface area (Å²) in [5.41, 5.74) is -1.52. The minimum Gasteiger partial charge on any atom is -0.409 e. The fourth-order valence-corrected chi connectivity index (χ4v) is 1.35. The maximum Gasteiger partial charge on any atom is 0.451 e. The number of halogens is 5. The lowest BCUT2D eigenvalue weighted by Crippen LogP contribution is -2.20. The molecule has 0 saturated carbocycles. The molecule has 0 aromatic heterocycles. The van der Waals surface area contributed by atoms with Gasteiger partial charge in [0.1, 0.15) is 0 Å². The molecule has 2 rings (SSSR count). The van der Waals surface area contributed by atoms with E-state index < -0.39 is 23.8 Å². The molecule has 90 valence electrons. The fourth-order valence-electron chi connectivity index (χ4n) is 1.23. The van der Waals surface area contributed by atoms with Gasteiger partial charge in [0.25, 0.3) is 0 Å². The second-order valence-corrected chi connectivity index (χ2v) is 3.59. The second-order valence-electron chi connectivity index (χ2n) is 3.15. The van der Waals surface area contributed by atoms with Gasteiger partial charge in [-0.2, -0.15) is 17.6 Å². The number of aliphatic imine (C=N–C) groups is 1. The fraction of sp³-hybridized carbons (Fsp3) is 0.100. The molecule has 1 aliphatic rings. The lowest BCUT2D eigenvalue weighted by molar-refractivity contribution is -0.143. The zero-order chi connectivity index (χ0) is 12.6. The smallest absolute Gasteiger partial charge is 0.409 e. The molecule has 0 atom stereocenters. The van der Waals surface area contributed by atoms with E-state index in [9.17, 15) is 17.6 Å². The number of ether oxygens (including phenoxy) is 1. The summed E-state index contributed by atoms with van der Waals surface area (Å²) in [6.07, 6.45) is -6.67. The van der Waals surface area contributed by atoms with Crippen LogP contribution in [0.1, 0.15) is 5.56 Å². The average molecular weight is 266 g/mol. The van der Waals surface area contributed by atoms with E-state index in [0.29, 0.717) is 5.02 Å². The Labute approximate surface area is 98.2 Å². The van der Waals surface area contributed by atoms with Crippen LogP contribution in [0.25, 0.3) is 0 Å². The van der Waals surface area contributed by atoms with E-state index in [0.717, 1.165) is 0 Å². The standard InChI is InChI=1S/C10H4ClF4NO/c11-6-3-1-5(2-4-6)9-16-7(8(12)13)10(14,15)17-9/h1-4H. The van der Waals surface area contributed by atoms with Crippen LogP contribution < -0.4 is 0 Å². The molecule has 1 aromatic rings. The van der Waals surface area contributed by atoms with Crippen LogP contribution in [-0.4, -0.2) is 12.0 Å². The van der Waals surface area contributed by atoms with Crippen LogP contribution >= 0.6 is 11.6 Å². The summed E-state index contributed by atoms with van der Waals surface area (Å²) < 4.78 is 54.4. The molecule has 0 spiro atoms. The monoisotopic (exact) mass is 265 g/mol. The van der Waals surface area contributed by atoms with Gasteiger partial charge in [-0.1, -0.05) is 11.6 Å². The molecule has 0 unspecified atom stereocenters. The first-order valence-electron chi connectivity index (χ1n) is 4.37. The summed E-state index contributed by atoms with van der Waals surface area (Å²) >= 11 is 5.60. The first-order chi connectivity index (χ1) is 7.90. The highest BCUT2D eigenvalue weighted by molar-refractivity contribution is 6.30. The quantitative estimate of drug-likeness (QED) is 0.708. The molecular weight excluding hydrogens is 262 g/mol. The molecule has 17 heavy (non-hydrogen) atoms. The van der Waals surface area contributed by atoms with Crippen molar-refractivity contribution in [2.75, 3.05) is 0 Å². The van der Waals surface area contributed by atoms with Crippen molar-refractivity contribution in [1.29, 1.82) is 0 Å². The number of hydrogen-bond donors (Lipinski definition) is 0. The highest BCUT2D eigenvalue weighted by atomic mass is 35.5. The number of alkyl halides is 2. The first kappa shape index (κ1) is 11.9.